The molecule has 1 atom stereocenters. The second-order valence-electron chi connectivity index (χ2n) is 4.81. The van der Waals surface area contributed by atoms with Crippen molar-refractivity contribution < 1.29 is 9.47 Å². The van der Waals surface area contributed by atoms with E-state index in [2.05, 4.69) is 30.0 Å². The molecular weight excluding hydrogens is 284 g/mol. The number of methoxy groups -OCH3 is 1. The summed E-state index contributed by atoms with van der Waals surface area (Å²) in [5.74, 6) is 7.16. The normalized spacial score (nSPS) is 11.8. The summed E-state index contributed by atoms with van der Waals surface area (Å²) in [7, 11) is 1.69. The Balaban J connectivity index is 2.37. The van der Waals surface area contributed by atoms with Gasteiger partial charge < -0.3 is 9.47 Å². The topological polar surface area (TPSA) is 18.5 Å². The molecule has 2 rings (SSSR count). The molecule has 2 nitrogen and oxygen atoms in total. The molecule has 0 heterocycles. The van der Waals surface area contributed by atoms with Crippen molar-refractivity contribution in [1.82, 2.24) is 0 Å². The first-order valence-corrected chi connectivity index (χ1v) is 7.52. The Kier molecular flexibility index (Phi) is 5.92. The number of halogens is 1. The predicted octanol–water partition coefficient (Wildman–Crippen LogP) is 4.23. The summed E-state index contributed by atoms with van der Waals surface area (Å²) in [5, 5.41) is 2.24. The van der Waals surface area contributed by atoms with E-state index in [0.29, 0.717) is 12.5 Å². The van der Waals surface area contributed by atoms with Gasteiger partial charge in [-0.05, 0) is 18.4 Å². The fourth-order valence-corrected chi connectivity index (χ4v) is 2.23. The molecule has 0 spiro atoms. The third kappa shape index (κ3) is 4.14. The van der Waals surface area contributed by atoms with Crippen molar-refractivity contribution in [3.63, 3.8) is 0 Å². The van der Waals surface area contributed by atoms with Crippen LogP contribution in [0.4, 0.5) is 0 Å². The Bertz CT molecular complexity index is 655. The summed E-state index contributed by atoms with van der Waals surface area (Å²) < 4.78 is 11.1. The summed E-state index contributed by atoms with van der Waals surface area (Å²) in [5.41, 5.74) is 0.901. The van der Waals surface area contributed by atoms with Crippen molar-refractivity contribution in [2.24, 2.45) is 0 Å². The van der Waals surface area contributed by atoms with Gasteiger partial charge in [-0.3, -0.25) is 0 Å². The summed E-state index contributed by atoms with van der Waals surface area (Å²) in [6, 6.07) is 12.2. The molecule has 0 fully saturated rings. The van der Waals surface area contributed by atoms with Gasteiger partial charge in [-0.1, -0.05) is 42.2 Å². The van der Waals surface area contributed by atoms with Gasteiger partial charge in [0.15, 0.2) is 0 Å². The van der Waals surface area contributed by atoms with E-state index in [0.717, 1.165) is 28.5 Å². The fraction of sp³-hybridized carbons (Fsp3) is 0.333. The highest BCUT2D eigenvalue weighted by molar-refractivity contribution is 6.19. The lowest BCUT2D eigenvalue weighted by Crippen LogP contribution is -2.14. The first kappa shape index (κ1) is 15.7. The van der Waals surface area contributed by atoms with Crippen LogP contribution in [0.2, 0.25) is 0 Å². The molecule has 0 saturated heterocycles. The molecular formula is C18H19ClO2. The van der Waals surface area contributed by atoms with Gasteiger partial charge in [-0.2, -0.15) is 0 Å². The molecule has 0 bridgehead atoms. The third-order valence-electron chi connectivity index (χ3n) is 3.23. The van der Waals surface area contributed by atoms with Crippen LogP contribution in [-0.2, 0) is 4.74 Å². The molecule has 21 heavy (non-hydrogen) atoms. The number of ether oxygens (including phenoxy) is 2. The van der Waals surface area contributed by atoms with Crippen LogP contribution in [0.3, 0.4) is 0 Å². The van der Waals surface area contributed by atoms with Gasteiger partial charge in [0.2, 0.25) is 0 Å². The van der Waals surface area contributed by atoms with Crippen LogP contribution in [0.15, 0.2) is 36.4 Å². The molecule has 110 valence electrons. The second-order valence-corrected chi connectivity index (χ2v) is 5.07. The molecule has 1 unspecified atom stereocenters. The quantitative estimate of drug-likeness (QED) is 0.608. The number of benzene rings is 2. The van der Waals surface area contributed by atoms with Gasteiger partial charge in [0.25, 0.3) is 0 Å². The molecule has 0 aliphatic heterocycles. The van der Waals surface area contributed by atoms with Crippen LogP contribution in [0.1, 0.15) is 18.9 Å². The maximum absolute atomic E-state index is 6.03. The summed E-state index contributed by atoms with van der Waals surface area (Å²) in [6.45, 7) is 2.71. The van der Waals surface area contributed by atoms with E-state index in [1.54, 1.807) is 7.11 Å². The monoisotopic (exact) mass is 302 g/mol. The Morgan fingerprint density at radius 3 is 2.76 bits per heavy atom. The van der Waals surface area contributed by atoms with Crippen molar-refractivity contribution >= 4 is 22.4 Å². The predicted molar refractivity (Wildman–Crippen MR) is 88.1 cm³/mol. The fourth-order valence-electron chi connectivity index (χ4n) is 2.16. The first-order chi connectivity index (χ1) is 10.3. The molecule has 0 aliphatic rings. The van der Waals surface area contributed by atoms with Crippen LogP contribution in [0, 0.1) is 11.8 Å². The lowest BCUT2D eigenvalue weighted by atomic mass is 10.0. The van der Waals surface area contributed by atoms with Crippen LogP contribution in [0.5, 0.6) is 5.75 Å². The zero-order chi connectivity index (χ0) is 15.1. The smallest absolute Gasteiger partial charge is 0.135 e. The average molecular weight is 303 g/mol. The Labute approximate surface area is 131 Å². The Hall–Kier alpha value is -1.69. The maximum atomic E-state index is 6.03. The molecule has 0 N–H and O–H groups in total. The van der Waals surface area contributed by atoms with Crippen molar-refractivity contribution in [2.75, 3.05) is 19.6 Å². The molecule has 0 aliphatic carbocycles. The van der Waals surface area contributed by atoms with Crippen LogP contribution in [-0.4, -0.2) is 25.7 Å². The minimum absolute atomic E-state index is 0.0719. The number of fused-ring (bicyclic) bond motifs is 1. The van der Waals surface area contributed by atoms with E-state index in [-0.39, 0.29) is 6.10 Å². The second kappa shape index (κ2) is 7.93. The maximum Gasteiger partial charge on any atom is 0.135 e. The zero-order valence-electron chi connectivity index (χ0n) is 12.4. The van der Waals surface area contributed by atoms with E-state index in [1.165, 1.54) is 0 Å². The Morgan fingerprint density at radius 1 is 1.19 bits per heavy atom. The lowest BCUT2D eigenvalue weighted by molar-refractivity contribution is 0.135. The molecule has 0 aromatic heterocycles. The minimum Gasteiger partial charge on any atom is -0.489 e. The van der Waals surface area contributed by atoms with Crippen LogP contribution in [0.25, 0.3) is 10.8 Å². The van der Waals surface area contributed by atoms with E-state index >= 15 is 0 Å². The van der Waals surface area contributed by atoms with Crippen molar-refractivity contribution in [2.45, 2.75) is 19.4 Å². The van der Waals surface area contributed by atoms with Gasteiger partial charge in [0, 0.05) is 25.5 Å². The molecule has 0 amide bonds. The highest BCUT2D eigenvalue weighted by Gasteiger charge is 2.10. The van der Waals surface area contributed by atoms with Gasteiger partial charge in [0.05, 0.1) is 17.5 Å². The van der Waals surface area contributed by atoms with E-state index < -0.39 is 0 Å². The Morgan fingerprint density at radius 2 is 2.00 bits per heavy atom. The number of hydrogen-bond acceptors (Lipinski definition) is 2. The third-order valence-corrected chi connectivity index (χ3v) is 3.36. The highest BCUT2D eigenvalue weighted by Crippen LogP contribution is 2.28. The van der Waals surface area contributed by atoms with Gasteiger partial charge in [0.1, 0.15) is 5.75 Å². The largest absolute Gasteiger partial charge is 0.489 e. The number of alkyl halides is 1. The molecule has 3 heteroatoms. The van der Waals surface area contributed by atoms with Gasteiger partial charge in [-0.15, -0.1) is 11.6 Å². The molecule has 2 aromatic carbocycles. The van der Waals surface area contributed by atoms with Crippen molar-refractivity contribution in [3.05, 3.63) is 42.0 Å². The molecule has 2 aromatic rings. The van der Waals surface area contributed by atoms with E-state index in [1.807, 2.05) is 25.1 Å². The standard InChI is InChI=1S/C18H19ClO2/c1-14(11-13-20-2)21-18-10-9-15-6-3-4-7-16(15)17(18)8-5-12-19/h3-4,6-7,9-10,14H,11-13H2,1-2H3. The highest BCUT2D eigenvalue weighted by atomic mass is 35.5. The first-order valence-electron chi connectivity index (χ1n) is 6.98. The van der Waals surface area contributed by atoms with Gasteiger partial charge >= 0.3 is 0 Å². The van der Waals surface area contributed by atoms with Crippen LogP contribution < -0.4 is 4.74 Å². The minimum atomic E-state index is 0.0719. The average Bonchev–Trinajstić information content (AvgIpc) is 2.51. The van der Waals surface area contributed by atoms with E-state index in [4.69, 9.17) is 21.1 Å². The van der Waals surface area contributed by atoms with Crippen molar-refractivity contribution in [1.29, 1.82) is 0 Å². The summed E-state index contributed by atoms with van der Waals surface area (Å²) in [4.78, 5) is 0. The zero-order valence-corrected chi connectivity index (χ0v) is 13.1. The van der Waals surface area contributed by atoms with E-state index in [9.17, 15) is 0 Å². The number of rotatable bonds is 5. The van der Waals surface area contributed by atoms with Gasteiger partial charge in [-0.25, -0.2) is 0 Å². The summed E-state index contributed by atoms with van der Waals surface area (Å²) >= 11 is 5.70. The van der Waals surface area contributed by atoms with Crippen molar-refractivity contribution in [3.8, 4) is 17.6 Å². The number of hydrogen-bond donors (Lipinski definition) is 0. The SMILES string of the molecule is COCCC(C)Oc1ccc2ccccc2c1C#CCCl. The molecule has 0 radical (unpaired) electrons. The van der Waals surface area contributed by atoms with Crippen LogP contribution >= 0.6 is 11.6 Å². The lowest BCUT2D eigenvalue weighted by Gasteiger charge is -2.16. The summed E-state index contributed by atoms with van der Waals surface area (Å²) in [6.07, 6.45) is 0.911. The molecule has 0 saturated carbocycles.